The molecule has 3 aliphatic rings. The number of piperidine rings is 1. The minimum atomic E-state index is -0.390. The number of carbonyl (C=O) groups excluding carboxylic acids is 2. The quantitative estimate of drug-likeness (QED) is 0.543. The number of hydrogen-bond acceptors (Lipinski definition) is 3. The minimum absolute atomic E-state index is 0.0400. The second-order valence-corrected chi connectivity index (χ2v) is 4.85. The van der Waals surface area contributed by atoms with Crippen LogP contribution in [0.25, 0.3) is 0 Å². The van der Waals surface area contributed by atoms with Crippen LogP contribution < -0.4 is 16.0 Å². The highest BCUT2D eigenvalue weighted by atomic mass is 16.2. The van der Waals surface area contributed by atoms with Crippen LogP contribution in [0.1, 0.15) is 19.3 Å². The molecule has 1 spiro atoms. The molecule has 0 aromatic rings. The third-order valence-corrected chi connectivity index (χ3v) is 4.01. The monoisotopic (exact) mass is 221 g/mol. The van der Waals surface area contributed by atoms with E-state index >= 15 is 0 Å². The van der Waals surface area contributed by atoms with E-state index in [0.29, 0.717) is 0 Å². The Bertz CT molecular complexity index is 383. The van der Waals surface area contributed by atoms with Crippen LogP contribution in [-0.4, -0.2) is 25.0 Å². The van der Waals surface area contributed by atoms with E-state index in [4.69, 9.17) is 0 Å². The zero-order valence-corrected chi connectivity index (χ0v) is 9.01. The van der Waals surface area contributed by atoms with E-state index < -0.39 is 6.03 Å². The lowest BCUT2D eigenvalue weighted by Crippen LogP contribution is -2.55. The molecule has 16 heavy (non-hydrogen) atoms. The number of rotatable bonds is 0. The molecule has 3 N–H and O–H groups in total. The fourth-order valence-electron chi connectivity index (χ4n) is 3.19. The van der Waals surface area contributed by atoms with Gasteiger partial charge < -0.3 is 10.6 Å². The van der Waals surface area contributed by atoms with Crippen LogP contribution in [0, 0.1) is 11.3 Å². The Hall–Kier alpha value is -1.36. The first-order valence-electron chi connectivity index (χ1n) is 5.74. The summed E-state index contributed by atoms with van der Waals surface area (Å²) < 4.78 is 0. The van der Waals surface area contributed by atoms with Gasteiger partial charge in [-0.1, -0.05) is 6.08 Å². The van der Waals surface area contributed by atoms with Gasteiger partial charge in [0.2, 0.25) is 5.91 Å². The molecule has 0 saturated carbocycles. The maximum Gasteiger partial charge on any atom is 0.325 e. The van der Waals surface area contributed by atoms with Gasteiger partial charge in [-0.15, -0.1) is 0 Å². The van der Waals surface area contributed by atoms with E-state index in [0.717, 1.165) is 38.0 Å². The molecule has 0 aromatic carbocycles. The molecule has 5 heteroatoms. The Morgan fingerprint density at radius 2 is 1.94 bits per heavy atom. The highest BCUT2D eigenvalue weighted by Gasteiger charge is 2.50. The van der Waals surface area contributed by atoms with Crippen molar-refractivity contribution < 1.29 is 9.59 Å². The van der Waals surface area contributed by atoms with Gasteiger partial charge in [0, 0.05) is 5.70 Å². The Balaban J connectivity index is 1.91. The molecule has 5 nitrogen and oxygen atoms in total. The van der Waals surface area contributed by atoms with Crippen molar-refractivity contribution in [2.45, 2.75) is 19.3 Å². The van der Waals surface area contributed by atoms with Crippen LogP contribution in [0.4, 0.5) is 4.79 Å². The Morgan fingerprint density at radius 1 is 1.19 bits per heavy atom. The van der Waals surface area contributed by atoms with Gasteiger partial charge in [0.25, 0.3) is 0 Å². The third-order valence-electron chi connectivity index (χ3n) is 4.01. The molecule has 2 heterocycles. The van der Waals surface area contributed by atoms with Gasteiger partial charge in [-0.2, -0.15) is 0 Å². The number of amides is 3. The molecule has 86 valence electrons. The Kier molecular flexibility index (Phi) is 2.04. The fraction of sp³-hybridized carbons (Fsp3) is 0.636. The van der Waals surface area contributed by atoms with Crippen molar-refractivity contribution in [2.75, 3.05) is 13.1 Å². The summed E-state index contributed by atoms with van der Waals surface area (Å²) in [5.74, 6) is -0.276. The van der Waals surface area contributed by atoms with Crippen LogP contribution in [0.15, 0.2) is 11.8 Å². The first-order valence-corrected chi connectivity index (χ1v) is 5.74. The Labute approximate surface area is 93.7 Å². The standard InChI is InChI=1S/C11H15N3O2/c15-9-8-7(13-10(16)14-9)1-2-11(8)3-5-12-6-4-11/h1,8,12H,2-6H2,(H2,13,14,15,16). The van der Waals surface area contributed by atoms with Gasteiger partial charge in [0.15, 0.2) is 0 Å². The average Bonchev–Trinajstić information content (AvgIpc) is 2.58. The molecule has 0 bridgehead atoms. The molecule has 0 radical (unpaired) electrons. The molecule has 2 aliphatic heterocycles. The summed E-state index contributed by atoms with van der Waals surface area (Å²) in [6.07, 6.45) is 4.93. The van der Waals surface area contributed by atoms with Crippen molar-refractivity contribution in [3.8, 4) is 0 Å². The predicted octanol–water partition coefficient (Wildman–Crippen LogP) is 0.0994. The molecule has 2 fully saturated rings. The van der Waals surface area contributed by atoms with Crippen molar-refractivity contribution >= 4 is 11.9 Å². The second-order valence-electron chi connectivity index (χ2n) is 4.85. The van der Waals surface area contributed by atoms with Gasteiger partial charge in [-0.25, -0.2) is 4.79 Å². The SMILES string of the molecule is O=C1NC(=O)C2C(=CCC23CCNCC3)N1. The fourth-order valence-corrected chi connectivity index (χ4v) is 3.19. The van der Waals surface area contributed by atoms with Gasteiger partial charge in [0.05, 0.1) is 5.92 Å². The molecular weight excluding hydrogens is 206 g/mol. The van der Waals surface area contributed by atoms with E-state index in [-0.39, 0.29) is 17.2 Å². The number of carbonyl (C=O) groups is 2. The van der Waals surface area contributed by atoms with Crippen molar-refractivity contribution in [1.29, 1.82) is 0 Å². The lowest BCUT2D eigenvalue weighted by atomic mass is 9.69. The van der Waals surface area contributed by atoms with Crippen molar-refractivity contribution in [1.82, 2.24) is 16.0 Å². The zero-order valence-electron chi connectivity index (χ0n) is 9.01. The van der Waals surface area contributed by atoms with Crippen LogP contribution in [0.2, 0.25) is 0 Å². The summed E-state index contributed by atoms with van der Waals surface area (Å²) in [5.41, 5.74) is 0.855. The van der Waals surface area contributed by atoms with Gasteiger partial charge in [-0.3, -0.25) is 10.1 Å². The lowest BCUT2D eigenvalue weighted by molar-refractivity contribution is -0.127. The van der Waals surface area contributed by atoms with E-state index in [1.807, 2.05) is 6.08 Å². The van der Waals surface area contributed by atoms with Gasteiger partial charge in [-0.05, 0) is 37.8 Å². The predicted molar refractivity (Wildman–Crippen MR) is 57.4 cm³/mol. The maximum atomic E-state index is 11.9. The number of nitrogens with one attached hydrogen (secondary N) is 3. The molecular formula is C11H15N3O2. The minimum Gasteiger partial charge on any atom is -0.317 e. The molecule has 2 saturated heterocycles. The van der Waals surface area contributed by atoms with Crippen LogP contribution >= 0.6 is 0 Å². The van der Waals surface area contributed by atoms with Gasteiger partial charge in [0.1, 0.15) is 0 Å². The first-order chi connectivity index (χ1) is 7.71. The topological polar surface area (TPSA) is 70.2 Å². The number of allylic oxidation sites excluding steroid dienone is 1. The van der Waals surface area contributed by atoms with Crippen LogP contribution in [0.5, 0.6) is 0 Å². The van der Waals surface area contributed by atoms with Crippen molar-refractivity contribution in [3.63, 3.8) is 0 Å². The summed E-state index contributed by atoms with van der Waals surface area (Å²) in [5, 5.41) is 8.44. The van der Waals surface area contributed by atoms with Crippen LogP contribution in [0.3, 0.4) is 0 Å². The average molecular weight is 221 g/mol. The summed E-state index contributed by atoms with van der Waals surface area (Å²) in [6, 6.07) is -0.390. The summed E-state index contributed by atoms with van der Waals surface area (Å²) >= 11 is 0. The number of urea groups is 1. The molecule has 3 amide bonds. The molecule has 0 aromatic heterocycles. The molecule has 1 atom stereocenters. The molecule has 1 aliphatic carbocycles. The number of hydrogen-bond donors (Lipinski definition) is 3. The second kappa shape index (κ2) is 3.31. The summed E-state index contributed by atoms with van der Waals surface area (Å²) in [4.78, 5) is 23.1. The van der Waals surface area contributed by atoms with E-state index in [1.54, 1.807) is 0 Å². The summed E-state index contributed by atoms with van der Waals surface area (Å²) in [7, 11) is 0. The molecule has 1 unspecified atom stereocenters. The van der Waals surface area contributed by atoms with E-state index in [9.17, 15) is 9.59 Å². The highest BCUT2D eigenvalue weighted by Crippen LogP contribution is 2.49. The molecule has 3 rings (SSSR count). The number of fused-ring (bicyclic) bond motifs is 2. The van der Waals surface area contributed by atoms with Crippen molar-refractivity contribution in [2.24, 2.45) is 11.3 Å². The van der Waals surface area contributed by atoms with Crippen molar-refractivity contribution in [3.05, 3.63) is 11.8 Å². The van der Waals surface area contributed by atoms with E-state index in [1.165, 1.54) is 0 Å². The van der Waals surface area contributed by atoms with Gasteiger partial charge >= 0.3 is 6.03 Å². The smallest absolute Gasteiger partial charge is 0.317 e. The normalized spacial score (nSPS) is 31.8. The van der Waals surface area contributed by atoms with Crippen LogP contribution in [-0.2, 0) is 4.79 Å². The third kappa shape index (κ3) is 1.28. The Morgan fingerprint density at radius 3 is 2.69 bits per heavy atom. The lowest BCUT2D eigenvalue weighted by Gasteiger charge is -2.40. The maximum absolute atomic E-state index is 11.9. The largest absolute Gasteiger partial charge is 0.325 e. The first kappa shape index (κ1) is 9.84. The van der Waals surface area contributed by atoms with E-state index in [2.05, 4.69) is 16.0 Å². The zero-order chi connectivity index (χ0) is 11.2. The number of imide groups is 1. The highest BCUT2D eigenvalue weighted by molar-refractivity contribution is 6.01. The summed E-state index contributed by atoms with van der Waals surface area (Å²) in [6.45, 7) is 1.91.